The van der Waals surface area contributed by atoms with Crippen molar-refractivity contribution >= 4 is 12.0 Å². The second kappa shape index (κ2) is 7.50. The van der Waals surface area contributed by atoms with Crippen LogP contribution in [0.3, 0.4) is 0 Å². The number of nitrogens with zero attached hydrogens (tertiary/aromatic N) is 1. The molecule has 1 saturated heterocycles. The number of aliphatic carboxylic acids is 1. The monoisotopic (exact) mass is 284 g/mol. The zero-order valence-electron chi connectivity index (χ0n) is 13.1. The minimum absolute atomic E-state index is 0.0120. The van der Waals surface area contributed by atoms with Crippen molar-refractivity contribution in [2.75, 3.05) is 6.54 Å². The molecule has 0 bridgehead atoms. The summed E-state index contributed by atoms with van der Waals surface area (Å²) >= 11 is 0. The Labute approximate surface area is 121 Å². The highest BCUT2D eigenvalue weighted by Crippen LogP contribution is 2.23. The van der Waals surface area contributed by atoms with Crippen molar-refractivity contribution in [3.05, 3.63) is 0 Å². The van der Waals surface area contributed by atoms with E-state index in [-0.39, 0.29) is 18.0 Å². The van der Waals surface area contributed by atoms with Gasteiger partial charge in [0.05, 0.1) is 0 Å². The Bertz CT molecular complexity index is 344. The van der Waals surface area contributed by atoms with Crippen LogP contribution in [0.25, 0.3) is 0 Å². The zero-order chi connectivity index (χ0) is 15.3. The number of carbonyl (C=O) groups excluding carboxylic acids is 1. The Morgan fingerprint density at radius 1 is 1.30 bits per heavy atom. The van der Waals surface area contributed by atoms with Crippen molar-refractivity contribution in [1.29, 1.82) is 0 Å². The molecule has 0 saturated carbocycles. The number of likely N-dealkylation sites (tertiary alicyclic amines) is 1. The van der Waals surface area contributed by atoms with Gasteiger partial charge in [0.15, 0.2) is 0 Å². The third kappa shape index (κ3) is 4.69. The highest BCUT2D eigenvalue weighted by molar-refractivity contribution is 5.83. The number of amides is 2. The van der Waals surface area contributed by atoms with Crippen LogP contribution in [0.2, 0.25) is 0 Å². The second-order valence-electron chi connectivity index (χ2n) is 6.42. The summed E-state index contributed by atoms with van der Waals surface area (Å²) < 4.78 is 0. The predicted octanol–water partition coefficient (Wildman–Crippen LogP) is 2.71. The van der Waals surface area contributed by atoms with Crippen LogP contribution < -0.4 is 5.32 Å². The Hall–Kier alpha value is -1.26. The number of piperidine rings is 1. The van der Waals surface area contributed by atoms with Crippen LogP contribution in [0.5, 0.6) is 0 Å². The van der Waals surface area contributed by atoms with E-state index in [0.29, 0.717) is 12.5 Å². The van der Waals surface area contributed by atoms with Gasteiger partial charge in [0.1, 0.15) is 6.04 Å². The van der Waals surface area contributed by atoms with E-state index >= 15 is 0 Å². The molecule has 2 N–H and O–H groups in total. The maximum atomic E-state index is 12.3. The minimum atomic E-state index is -0.901. The van der Waals surface area contributed by atoms with E-state index < -0.39 is 12.0 Å². The van der Waals surface area contributed by atoms with Gasteiger partial charge in [-0.2, -0.15) is 0 Å². The Morgan fingerprint density at radius 2 is 1.95 bits per heavy atom. The fourth-order valence-electron chi connectivity index (χ4n) is 2.74. The van der Waals surface area contributed by atoms with E-state index in [0.717, 1.165) is 25.7 Å². The fourth-order valence-corrected chi connectivity index (χ4v) is 2.74. The van der Waals surface area contributed by atoms with Crippen LogP contribution in [-0.4, -0.2) is 40.6 Å². The summed E-state index contributed by atoms with van der Waals surface area (Å²) in [6.45, 7) is 8.72. The summed E-state index contributed by atoms with van der Waals surface area (Å²) in [7, 11) is 0. The number of hydrogen-bond acceptors (Lipinski definition) is 2. The first-order valence-electron chi connectivity index (χ1n) is 7.62. The van der Waals surface area contributed by atoms with E-state index in [1.165, 1.54) is 4.90 Å². The first-order valence-corrected chi connectivity index (χ1v) is 7.62. The van der Waals surface area contributed by atoms with Gasteiger partial charge in [-0.1, -0.05) is 20.8 Å². The molecule has 5 heteroatoms. The smallest absolute Gasteiger partial charge is 0.326 e. The number of carboxylic acids is 1. The van der Waals surface area contributed by atoms with Gasteiger partial charge in [-0.05, 0) is 44.4 Å². The number of rotatable bonds is 5. The van der Waals surface area contributed by atoms with Crippen LogP contribution in [0.4, 0.5) is 4.79 Å². The lowest BCUT2D eigenvalue weighted by molar-refractivity contribution is -0.145. The molecule has 116 valence electrons. The molecule has 0 aliphatic carbocycles. The molecule has 3 unspecified atom stereocenters. The summed E-state index contributed by atoms with van der Waals surface area (Å²) in [5.74, 6) is -0.281. The Morgan fingerprint density at radius 3 is 2.50 bits per heavy atom. The quantitative estimate of drug-likeness (QED) is 0.815. The largest absolute Gasteiger partial charge is 0.480 e. The standard InChI is InChI=1S/C15H28N2O3/c1-10(2)7-8-12(4)16-15(20)17-9-5-6-11(3)13(17)14(18)19/h10-13H,5-9H2,1-4H3,(H,16,20)(H,18,19). The molecule has 0 spiro atoms. The van der Waals surface area contributed by atoms with Crippen molar-refractivity contribution in [3.63, 3.8) is 0 Å². The van der Waals surface area contributed by atoms with Gasteiger partial charge in [-0.15, -0.1) is 0 Å². The van der Waals surface area contributed by atoms with Gasteiger partial charge in [0.25, 0.3) is 0 Å². The molecule has 2 amide bonds. The molecule has 0 aromatic carbocycles. The van der Waals surface area contributed by atoms with Crippen LogP contribution in [0, 0.1) is 11.8 Å². The lowest BCUT2D eigenvalue weighted by atomic mass is 9.91. The molecule has 0 aromatic heterocycles. The first kappa shape index (κ1) is 16.8. The molecular formula is C15H28N2O3. The number of hydrogen-bond donors (Lipinski definition) is 2. The second-order valence-corrected chi connectivity index (χ2v) is 6.42. The number of carboxylic acid groups (broad SMARTS) is 1. The van der Waals surface area contributed by atoms with Crippen molar-refractivity contribution in [1.82, 2.24) is 10.2 Å². The van der Waals surface area contributed by atoms with E-state index in [1.807, 2.05) is 13.8 Å². The van der Waals surface area contributed by atoms with Crippen LogP contribution in [-0.2, 0) is 4.79 Å². The third-order valence-corrected chi connectivity index (χ3v) is 3.99. The third-order valence-electron chi connectivity index (χ3n) is 3.99. The summed E-state index contributed by atoms with van der Waals surface area (Å²) in [5, 5.41) is 12.3. The fraction of sp³-hybridized carbons (Fsp3) is 0.867. The average molecular weight is 284 g/mol. The zero-order valence-corrected chi connectivity index (χ0v) is 13.1. The maximum Gasteiger partial charge on any atom is 0.326 e. The van der Waals surface area contributed by atoms with Crippen molar-refractivity contribution in [2.45, 2.75) is 65.5 Å². The molecule has 3 atom stereocenters. The molecule has 1 aliphatic rings. The van der Waals surface area contributed by atoms with Crippen molar-refractivity contribution in [3.8, 4) is 0 Å². The maximum absolute atomic E-state index is 12.3. The van der Waals surface area contributed by atoms with E-state index in [4.69, 9.17) is 0 Å². The van der Waals surface area contributed by atoms with Gasteiger partial charge < -0.3 is 15.3 Å². The molecular weight excluding hydrogens is 256 g/mol. The van der Waals surface area contributed by atoms with Crippen molar-refractivity contribution in [2.24, 2.45) is 11.8 Å². The van der Waals surface area contributed by atoms with Gasteiger partial charge in [-0.3, -0.25) is 0 Å². The Kier molecular flexibility index (Phi) is 6.30. The number of nitrogens with one attached hydrogen (secondary N) is 1. The molecule has 1 rings (SSSR count). The van der Waals surface area contributed by atoms with E-state index in [1.54, 1.807) is 0 Å². The highest BCUT2D eigenvalue weighted by Gasteiger charge is 2.37. The van der Waals surface area contributed by atoms with Crippen LogP contribution in [0.15, 0.2) is 0 Å². The van der Waals surface area contributed by atoms with Gasteiger partial charge in [0, 0.05) is 12.6 Å². The summed E-state index contributed by atoms with van der Waals surface area (Å²) in [5.41, 5.74) is 0. The van der Waals surface area contributed by atoms with Gasteiger partial charge >= 0.3 is 12.0 Å². The topological polar surface area (TPSA) is 69.6 Å². The molecule has 0 radical (unpaired) electrons. The Balaban J connectivity index is 2.57. The number of carbonyl (C=O) groups is 2. The van der Waals surface area contributed by atoms with E-state index in [9.17, 15) is 14.7 Å². The van der Waals surface area contributed by atoms with Crippen LogP contribution >= 0.6 is 0 Å². The predicted molar refractivity (Wildman–Crippen MR) is 78.6 cm³/mol. The molecule has 20 heavy (non-hydrogen) atoms. The summed E-state index contributed by atoms with van der Waals surface area (Å²) in [6.07, 6.45) is 3.72. The molecule has 0 aromatic rings. The normalized spacial score (nSPS) is 24.6. The van der Waals surface area contributed by atoms with Crippen molar-refractivity contribution < 1.29 is 14.7 Å². The lowest BCUT2D eigenvalue weighted by Crippen LogP contribution is -2.56. The number of urea groups is 1. The lowest BCUT2D eigenvalue weighted by Gasteiger charge is -2.37. The minimum Gasteiger partial charge on any atom is -0.480 e. The molecule has 1 heterocycles. The van der Waals surface area contributed by atoms with E-state index in [2.05, 4.69) is 19.2 Å². The summed E-state index contributed by atoms with van der Waals surface area (Å²) in [4.78, 5) is 25.1. The summed E-state index contributed by atoms with van der Waals surface area (Å²) in [6, 6.07) is -0.849. The molecule has 5 nitrogen and oxygen atoms in total. The SMILES string of the molecule is CC(C)CCC(C)NC(=O)N1CCCC(C)C1C(=O)O. The average Bonchev–Trinajstić information content (AvgIpc) is 2.35. The van der Waals surface area contributed by atoms with Gasteiger partial charge in [0.2, 0.25) is 0 Å². The van der Waals surface area contributed by atoms with Crippen LogP contribution in [0.1, 0.15) is 53.4 Å². The molecule has 1 fully saturated rings. The van der Waals surface area contributed by atoms with Gasteiger partial charge in [-0.25, -0.2) is 9.59 Å². The highest BCUT2D eigenvalue weighted by atomic mass is 16.4. The molecule has 1 aliphatic heterocycles. The first-order chi connectivity index (χ1) is 9.32.